The second-order valence-electron chi connectivity index (χ2n) is 11.5. The Balaban J connectivity index is 1.31. The van der Waals surface area contributed by atoms with Gasteiger partial charge in [-0.3, -0.25) is 0 Å². The molecule has 0 saturated heterocycles. The maximum absolute atomic E-state index is 6.80. The molecule has 3 aromatic heterocycles. The van der Waals surface area contributed by atoms with Crippen molar-refractivity contribution >= 4 is 76.1 Å². The fourth-order valence-corrected chi connectivity index (χ4v) is 7.06. The van der Waals surface area contributed by atoms with Gasteiger partial charge in [0.25, 0.3) is 0 Å². The molecular weight excluding hydrogens is 538 g/mol. The number of hydrogen-bond acceptors (Lipinski definition) is 3. The predicted molar refractivity (Wildman–Crippen MR) is 182 cm³/mol. The molecule has 0 aliphatic carbocycles. The normalized spacial score (nSPS) is 12.1. The van der Waals surface area contributed by atoms with E-state index in [9.17, 15) is 0 Å². The molecule has 0 spiro atoms. The molecule has 0 radical (unpaired) electrons. The maximum atomic E-state index is 6.80. The van der Waals surface area contributed by atoms with E-state index >= 15 is 0 Å². The molecule has 0 fully saturated rings. The standard InChI is InChI=1S/C40H23N3O/c1-2-8-23(9-3-1)25-14-15-27-22-41-43-37(32(27)20-25)26-17-19-34-33(21-26)35-36-31-18-16-24-10-4-5-11-28(24)39(31)44-40(36)30-13-7-6-12-29(30)38(35)42-34/h1-22,42H. The van der Waals surface area contributed by atoms with Crippen molar-refractivity contribution < 1.29 is 4.42 Å². The van der Waals surface area contributed by atoms with Crippen LogP contribution in [0, 0.1) is 0 Å². The molecular formula is C40H23N3O. The Morgan fingerprint density at radius 1 is 0.477 bits per heavy atom. The lowest BCUT2D eigenvalue weighted by Gasteiger charge is -2.08. The van der Waals surface area contributed by atoms with Gasteiger partial charge in [-0.15, -0.1) is 5.10 Å². The summed E-state index contributed by atoms with van der Waals surface area (Å²) in [6, 6.07) is 45.0. The second kappa shape index (κ2) is 8.76. The van der Waals surface area contributed by atoms with Gasteiger partial charge in [0.2, 0.25) is 0 Å². The van der Waals surface area contributed by atoms with Gasteiger partial charge in [0, 0.05) is 59.6 Å². The molecule has 204 valence electrons. The number of fused-ring (bicyclic) bond motifs is 13. The summed E-state index contributed by atoms with van der Waals surface area (Å²) in [6.45, 7) is 0. The fourth-order valence-electron chi connectivity index (χ4n) is 7.06. The van der Waals surface area contributed by atoms with Crippen LogP contribution in [-0.2, 0) is 0 Å². The Morgan fingerprint density at radius 3 is 2.14 bits per heavy atom. The molecule has 0 unspecified atom stereocenters. The van der Waals surface area contributed by atoms with Crippen molar-refractivity contribution in [3.8, 4) is 22.4 Å². The first-order valence-electron chi connectivity index (χ1n) is 14.8. The zero-order chi connectivity index (χ0) is 28.8. The molecule has 44 heavy (non-hydrogen) atoms. The van der Waals surface area contributed by atoms with Gasteiger partial charge in [-0.05, 0) is 40.8 Å². The van der Waals surface area contributed by atoms with Crippen molar-refractivity contribution in [2.75, 3.05) is 0 Å². The van der Waals surface area contributed by atoms with Gasteiger partial charge in [0.05, 0.1) is 11.7 Å². The Hall–Kier alpha value is -6.00. The summed E-state index contributed by atoms with van der Waals surface area (Å²) < 4.78 is 6.80. The van der Waals surface area contributed by atoms with Gasteiger partial charge >= 0.3 is 0 Å². The molecule has 4 nitrogen and oxygen atoms in total. The van der Waals surface area contributed by atoms with E-state index in [0.717, 1.165) is 82.1 Å². The molecule has 0 bridgehead atoms. The largest absolute Gasteiger partial charge is 0.455 e. The SMILES string of the molecule is c1ccc(-c2ccc3cnnc(-c4ccc5[nH]c6c7ccccc7c7oc8c9ccccc9ccc8c7c6c5c4)c3c2)cc1. The van der Waals surface area contributed by atoms with Gasteiger partial charge in [0.1, 0.15) is 16.9 Å². The zero-order valence-electron chi connectivity index (χ0n) is 23.5. The molecule has 10 aromatic rings. The predicted octanol–water partition coefficient (Wildman–Crippen LogP) is 10.8. The average Bonchev–Trinajstić information content (AvgIpc) is 3.67. The first-order chi connectivity index (χ1) is 21.8. The Bertz CT molecular complexity index is 2770. The van der Waals surface area contributed by atoms with E-state index in [1.54, 1.807) is 0 Å². The topological polar surface area (TPSA) is 54.7 Å². The Labute approximate surface area is 251 Å². The van der Waals surface area contributed by atoms with Crippen molar-refractivity contribution in [3.63, 3.8) is 0 Å². The van der Waals surface area contributed by atoms with Crippen molar-refractivity contribution in [2.45, 2.75) is 0 Å². The number of furan rings is 1. The lowest BCUT2D eigenvalue weighted by molar-refractivity contribution is 0.676. The van der Waals surface area contributed by atoms with Crippen molar-refractivity contribution in [3.05, 3.63) is 134 Å². The number of aromatic nitrogens is 3. The summed E-state index contributed by atoms with van der Waals surface area (Å²) in [5, 5.41) is 20.4. The number of hydrogen-bond donors (Lipinski definition) is 1. The third-order valence-electron chi connectivity index (χ3n) is 9.11. The second-order valence-corrected chi connectivity index (χ2v) is 11.5. The molecule has 10 rings (SSSR count). The minimum atomic E-state index is 0.872. The Morgan fingerprint density at radius 2 is 1.23 bits per heavy atom. The van der Waals surface area contributed by atoms with Crippen LogP contribution in [0.15, 0.2) is 138 Å². The third-order valence-corrected chi connectivity index (χ3v) is 9.11. The van der Waals surface area contributed by atoms with Crippen molar-refractivity contribution in [1.82, 2.24) is 15.2 Å². The first-order valence-corrected chi connectivity index (χ1v) is 14.8. The molecule has 0 atom stereocenters. The van der Waals surface area contributed by atoms with Crippen LogP contribution in [0.4, 0.5) is 0 Å². The Kier molecular flexibility index (Phi) is 4.69. The van der Waals surface area contributed by atoms with E-state index in [1.807, 2.05) is 12.3 Å². The number of nitrogens with zero attached hydrogens (tertiary/aromatic N) is 2. The van der Waals surface area contributed by atoms with Gasteiger partial charge in [-0.1, -0.05) is 103 Å². The van der Waals surface area contributed by atoms with Crippen LogP contribution in [0.3, 0.4) is 0 Å². The van der Waals surface area contributed by atoms with E-state index in [2.05, 4.69) is 131 Å². The van der Waals surface area contributed by atoms with Crippen LogP contribution >= 0.6 is 0 Å². The number of aromatic amines is 1. The third kappa shape index (κ3) is 3.22. The average molecular weight is 562 g/mol. The number of nitrogens with one attached hydrogen (secondary N) is 1. The molecule has 3 heterocycles. The molecule has 0 aliphatic rings. The number of rotatable bonds is 2. The molecule has 4 heteroatoms. The van der Waals surface area contributed by atoms with Crippen LogP contribution in [0.1, 0.15) is 0 Å². The monoisotopic (exact) mass is 561 g/mol. The summed E-state index contributed by atoms with van der Waals surface area (Å²) in [5.74, 6) is 0. The summed E-state index contributed by atoms with van der Waals surface area (Å²) in [6.07, 6.45) is 1.84. The highest BCUT2D eigenvalue weighted by Gasteiger charge is 2.21. The fraction of sp³-hybridized carbons (Fsp3) is 0. The lowest BCUT2D eigenvalue weighted by Crippen LogP contribution is -1.90. The minimum absolute atomic E-state index is 0.872. The maximum Gasteiger partial charge on any atom is 0.144 e. The first kappa shape index (κ1) is 23.6. The summed E-state index contributed by atoms with van der Waals surface area (Å²) in [4.78, 5) is 3.77. The van der Waals surface area contributed by atoms with E-state index in [0.29, 0.717) is 0 Å². The van der Waals surface area contributed by atoms with E-state index < -0.39 is 0 Å². The van der Waals surface area contributed by atoms with Crippen molar-refractivity contribution in [1.29, 1.82) is 0 Å². The summed E-state index contributed by atoms with van der Waals surface area (Å²) in [5.41, 5.74) is 8.28. The smallest absolute Gasteiger partial charge is 0.144 e. The van der Waals surface area contributed by atoms with Gasteiger partial charge in [-0.2, -0.15) is 5.10 Å². The van der Waals surface area contributed by atoms with Crippen LogP contribution in [0.25, 0.3) is 98.4 Å². The number of H-pyrrole nitrogens is 1. The quantitative estimate of drug-likeness (QED) is 0.228. The summed E-state index contributed by atoms with van der Waals surface area (Å²) >= 11 is 0. The van der Waals surface area contributed by atoms with Crippen LogP contribution in [0.5, 0.6) is 0 Å². The lowest BCUT2D eigenvalue weighted by atomic mass is 9.96. The van der Waals surface area contributed by atoms with Crippen LogP contribution < -0.4 is 0 Å². The molecule has 0 saturated carbocycles. The highest BCUT2D eigenvalue weighted by Crippen LogP contribution is 2.45. The highest BCUT2D eigenvalue weighted by molar-refractivity contribution is 6.36. The van der Waals surface area contributed by atoms with Crippen LogP contribution in [0.2, 0.25) is 0 Å². The van der Waals surface area contributed by atoms with Crippen LogP contribution in [-0.4, -0.2) is 15.2 Å². The van der Waals surface area contributed by atoms with E-state index in [1.165, 1.54) is 16.3 Å². The van der Waals surface area contributed by atoms with Gasteiger partial charge in [-0.25, -0.2) is 0 Å². The molecule has 1 N–H and O–H groups in total. The number of benzene rings is 7. The summed E-state index contributed by atoms with van der Waals surface area (Å²) in [7, 11) is 0. The molecule has 0 amide bonds. The van der Waals surface area contributed by atoms with Gasteiger partial charge in [0.15, 0.2) is 0 Å². The highest BCUT2D eigenvalue weighted by atomic mass is 16.3. The van der Waals surface area contributed by atoms with Gasteiger partial charge < -0.3 is 9.40 Å². The minimum Gasteiger partial charge on any atom is -0.455 e. The molecule has 0 aliphatic heterocycles. The zero-order valence-corrected chi connectivity index (χ0v) is 23.5. The van der Waals surface area contributed by atoms with E-state index in [-0.39, 0.29) is 0 Å². The van der Waals surface area contributed by atoms with E-state index in [4.69, 9.17) is 9.52 Å². The molecule has 7 aromatic carbocycles. The van der Waals surface area contributed by atoms with Crippen molar-refractivity contribution in [2.24, 2.45) is 0 Å².